The van der Waals surface area contributed by atoms with Gasteiger partial charge in [-0.3, -0.25) is 4.79 Å². The molecule has 0 radical (unpaired) electrons. The van der Waals surface area contributed by atoms with Crippen molar-refractivity contribution in [1.82, 2.24) is 19.8 Å². The molecule has 0 aliphatic heterocycles. The van der Waals surface area contributed by atoms with Gasteiger partial charge in [-0.1, -0.05) is 59.2 Å². The van der Waals surface area contributed by atoms with E-state index in [0.717, 1.165) is 27.9 Å². The molecule has 2 heterocycles. The molecule has 3 aromatic carbocycles. The average molecular weight is 457 g/mol. The molecule has 0 spiro atoms. The number of amides is 1. The molecule has 0 unspecified atom stereocenters. The third-order valence-electron chi connectivity index (χ3n) is 5.53. The van der Waals surface area contributed by atoms with Crippen LogP contribution in [0.3, 0.4) is 0 Å². The van der Waals surface area contributed by atoms with E-state index >= 15 is 0 Å². The lowest BCUT2D eigenvalue weighted by molar-refractivity contribution is -0.129. The maximum absolute atomic E-state index is 13.0. The maximum Gasteiger partial charge on any atom is 0.228 e. The van der Waals surface area contributed by atoms with E-state index in [9.17, 15) is 4.79 Å². The molecule has 7 heteroatoms. The summed E-state index contributed by atoms with van der Waals surface area (Å²) in [6, 6.07) is 25.0. The van der Waals surface area contributed by atoms with Gasteiger partial charge in [-0.15, -0.1) is 0 Å². The van der Waals surface area contributed by atoms with Gasteiger partial charge in [-0.25, -0.2) is 4.68 Å². The highest BCUT2D eigenvalue weighted by Crippen LogP contribution is 2.26. The zero-order valence-corrected chi connectivity index (χ0v) is 18.7. The van der Waals surface area contributed by atoms with Crippen molar-refractivity contribution in [3.05, 3.63) is 101 Å². The van der Waals surface area contributed by atoms with Crippen LogP contribution in [0.5, 0.6) is 0 Å². The topological polar surface area (TPSA) is 64.2 Å². The first-order chi connectivity index (χ1) is 16.1. The van der Waals surface area contributed by atoms with Gasteiger partial charge in [0.15, 0.2) is 5.58 Å². The number of fused-ring (bicyclic) bond motifs is 1. The maximum atomic E-state index is 13.0. The summed E-state index contributed by atoms with van der Waals surface area (Å²) >= 11 is 6.08. The van der Waals surface area contributed by atoms with Gasteiger partial charge in [-0.2, -0.15) is 5.10 Å². The summed E-state index contributed by atoms with van der Waals surface area (Å²) in [6.07, 6.45) is 2.13. The fourth-order valence-electron chi connectivity index (χ4n) is 3.78. The number of nitrogens with zero attached hydrogens (tertiary/aromatic N) is 4. The number of hydrogen-bond donors (Lipinski definition) is 0. The van der Waals surface area contributed by atoms with E-state index in [4.69, 9.17) is 21.2 Å². The van der Waals surface area contributed by atoms with Crippen molar-refractivity contribution in [1.29, 1.82) is 0 Å². The number of hydrogen-bond acceptors (Lipinski definition) is 4. The number of benzene rings is 3. The minimum Gasteiger partial charge on any atom is -0.356 e. The van der Waals surface area contributed by atoms with Gasteiger partial charge in [0.05, 0.1) is 17.8 Å². The number of carbonyl (C=O) groups is 1. The van der Waals surface area contributed by atoms with Gasteiger partial charge in [-0.05, 0) is 36.4 Å². The van der Waals surface area contributed by atoms with Gasteiger partial charge in [0.25, 0.3) is 0 Å². The summed E-state index contributed by atoms with van der Waals surface area (Å²) < 4.78 is 7.18. The van der Waals surface area contributed by atoms with Gasteiger partial charge in [0.1, 0.15) is 5.69 Å². The van der Waals surface area contributed by atoms with Crippen LogP contribution in [0.4, 0.5) is 0 Å². The van der Waals surface area contributed by atoms with E-state index in [1.807, 2.05) is 89.7 Å². The Morgan fingerprint density at radius 2 is 1.73 bits per heavy atom. The second-order valence-corrected chi connectivity index (χ2v) is 8.28. The molecule has 33 heavy (non-hydrogen) atoms. The van der Waals surface area contributed by atoms with Gasteiger partial charge in [0.2, 0.25) is 5.91 Å². The Morgan fingerprint density at radius 1 is 1.00 bits per heavy atom. The van der Waals surface area contributed by atoms with Crippen LogP contribution >= 0.6 is 11.6 Å². The molecule has 0 N–H and O–H groups in total. The number of rotatable bonds is 6. The monoisotopic (exact) mass is 456 g/mol. The van der Waals surface area contributed by atoms with Crippen LogP contribution in [0.1, 0.15) is 11.3 Å². The minimum absolute atomic E-state index is 0.0522. The molecule has 164 valence electrons. The first kappa shape index (κ1) is 21.0. The molecule has 0 aliphatic rings. The molecule has 1 amide bonds. The normalized spacial score (nSPS) is 11.1. The third kappa shape index (κ3) is 4.38. The molecule has 0 atom stereocenters. The predicted molar refractivity (Wildman–Crippen MR) is 128 cm³/mol. The Morgan fingerprint density at radius 3 is 2.52 bits per heavy atom. The van der Waals surface area contributed by atoms with Crippen molar-refractivity contribution in [3.8, 4) is 16.9 Å². The minimum atomic E-state index is -0.0522. The summed E-state index contributed by atoms with van der Waals surface area (Å²) in [5.74, 6) is -0.0522. The van der Waals surface area contributed by atoms with Crippen molar-refractivity contribution < 1.29 is 9.32 Å². The largest absolute Gasteiger partial charge is 0.356 e. The summed E-state index contributed by atoms with van der Waals surface area (Å²) in [5.41, 5.74) is 4.94. The zero-order valence-electron chi connectivity index (χ0n) is 18.0. The molecular formula is C26H21ClN4O2. The number of para-hydroxylation sites is 2. The van der Waals surface area contributed by atoms with Crippen molar-refractivity contribution in [3.63, 3.8) is 0 Å². The van der Waals surface area contributed by atoms with Crippen molar-refractivity contribution in [2.75, 3.05) is 7.05 Å². The second-order valence-electron chi connectivity index (χ2n) is 7.84. The molecule has 0 saturated heterocycles. The standard InChI is InChI=1S/C26H21ClN4O2/c1-30(25(32)15-23-22-9-5-6-10-24(22)33-29-23)16-19-17-31(21-7-3-2-4-8-21)28-26(19)18-11-13-20(27)14-12-18/h2-14,17H,15-16H2,1H3. The molecule has 0 fully saturated rings. The number of likely N-dealkylation sites (N-methyl/N-ethyl adjacent to an activating group) is 1. The van der Waals surface area contributed by atoms with E-state index in [2.05, 4.69) is 5.16 Å². The molecule has 0 bridgehead atoms. The van der Waals surface area contributed by atoms with Gasteiger partial charge >= 0.3 is 0 Å². The van der Waals surface area contributed by atoms with Crippen molar-refractivity contribution >= 4 is 28.5 Å². The smallest absolute Gasteiger partial charge is 0.228 e. The summed E-state index contributed by atoms with van der Waals surface area (Å²) in [4.78, 5) is 14.7. The van der Waals surface area contributed by atoms with E-state index in [0.29, 0.717) is 22.8 Å². The Bertz CT molecular complexity index is 1410. The van der Waals surface area contributed by atoms with Crippen LogP contribution < -0.4 is 0 Å². The fourth-order valence-corrected chi connectivity index (χ4v) is 3.90. The Kier molecular flexibility index (Phi) is 5.67. The van der Waals surface area contributed by atoms with Crippen molar-refractivity contribution in [2.24, 2.45) is 0 Å². The van der Waals surface area contributed by atoms with Crippen LogP contribution in [0.2, 0.25) is 5.02 Å². The summed E-state index contributed by atoms with van der Waals surface area (Å²) in [6.45, 7) is 0.402. The quantitative estimate of drug-likeness (QED) is 0.336. The summed E-state index contributed by atoms with van der Waals surface area (Å²) in [5, 5.41) is 10.4. The lowest BCUT2D eigenvalue weighted by Gasteiger charge is -2.16. The highest BCUT2D eigenvalue weighted by atomic mass is 35.5. The highest BCUT2D eigenvalue weighted by Gasteiger charge is 2.19. The van der Waals surface area contributed by atoms with E-state index < -0.39 is 0 Å². The third-order valence-corrected chi connectivity index (χ3v) is 5.78. The SMILES string of the molecule is CN(Cc1cn(-c2ccccc2)nc1-c1ccc(Cl)cc1)C(=O)Cc1noc2ccccc12. The van der Waals surface area contributed by atoms with Gasteiger partial charge in [0, 0.05) is 41.3 Å². The Balaban J connectivity index is 1.43. The van der Waals surface area contributed by atoms with Crippen LogP contribution in [-0.4, -0.2) is 32.8 Å². The first-order valence-corrected chi connectivity index (χ1v) is 10.9. The number of carbonyl (C=O) groups excluding carboxylic acids is 1. The molecule has 5 aromatic rings. The molecule has 6 nitrogen and oxygen atoms in total. The molecule has 5 rings (SSSR count). The molecule has 2 aromatic heterocycles. The van der Waals surface area contributed by atoms with Crippen LogP contribution in [0.15, 0.2) is 89.6 Å². The highest BCUT2D eigenvalue weighted by molar-refractivity contribution is 6.30. The van der Waals surface area contributed by atoms with Crippen LogP contribution in [0.25, 0.3) is 27.9 Å². The van der Waals surface area contributed by atoms with Crippen LogP contribution in [0, 0.1) is 0 Å². The summed E-state index contributed by atoms with van der Waals surface area (Å²) in [7, 11) is 1.79. The molecular weight excluding hydrogens is 436 g/mol. The Labute approximate surface area is 196 Å². The van der Waals surface area contributed by atoms with Crippen LogP contribution in [-0.2, 0) is 17.8 Å². The molecule has 0 aliphatic carbocycles. The number of halogens is 1. The zero-order chi connectivity index (χ0) is 22.8. The molecule has 0 saturated carbocycles. The van der Waals surface area contributed by atoms with E-state index in [1.54, 1.807) is 11.9 Å². The van der Waals surface area contributed by atoms with E-state index in [-0.39, 0.29) is 12.3 Å². The van der Waals surface area contributed by atoms with Crippen molar-refractivity contribution in [2.45, 2.75) is 13.0 Å². The fraction of sp³-hybridized carbons (Fsp3) is 0.115. The van der Waals surface area contributed by atoms with Gasteiger partial charge < -0.3 is 9.42 Å². The lowest BCUT2D eigenvalue weighted by Crippen LogP contribution is -2.28. The second kappa shape index (κ2) is 8.92. The van der Waals surface area contributed by atoms with E-state index in [1.165, 1.54) is 0 Å². The number of aromatic nitrogens is 3. The lowest BCUT2D eigenvalue weighted by atomic mass is 10.1. The first-order valence-electron chi connectivity index (χ1n) is 10.6. The predicted octanol–water partition coefficient (Wildman–Crippen LogP) is 5.54. The Hall–Kier alpha value is -3.90. The average Bonchev–Trinajstić information content (AvgIpc) is 3.45.